The molecule has 0 bridgehead atoms. The Morgan fingerprint density at radius 3 is 2.19 bits per heavy atom. The van der Waals surface area contributed by atoms with Crippen LogP contribution in [-0.4, -0.2) is 34.2 Å². The van der Waals surface area contributed by atoms with Crippen LogP contribution < -0.4 is 14.4 Å². The fraction of sp³-hybridized carbons (Fsp3) is 0.278. The van der Waals surface area contributed by atoms with E-state index >= 15 is 0 Å². The maximum atomic E-state index is 12.4. The zero-order valence-electron chi connectivity index (χ0n) is 15.1. The Labute approximate surface area is 169 Å². The van der Waals surface area contributed by atoms with Crippen molar-refractivity contribution in [3.05, 3.63) is 58.1 Å². The molecule has 0 aliphatic carbocycles. The summed E-state index contributed by atoms with van der Waals surface area (Å²) in [7, 11) is -2.15. The van der Waals surface area contributed by atoms with E-state index in [4.69, 9.17) is 27.9 Å². The van der Waals surface area contributed by atoms with Gasteiger partial charge in [-0.15, -0.1) is 0 Å². The molecule has 0 aliphatic heterocycles. The SMILES string of the molecule is COc1ccc([C@H](C)NC(=O)CN(c2cc(Cl)cc(Cl)c2)S(C)(=O)=O)cc1. The fourth-order valence-corrected chi connectivity index (χ4v) is 3.83. The molecule has 1 amide bonds. The van der Waals surface area contributed by atoms with Crippen LogP contribution in [0.2, 0.25) is 10.0 Å². The van der Waals surface area contributed by atoms with Gasteiger partial charge >= 0.3 is 0 Å². The molecule has 0 aliphatic rings. The summed E-state index contributed by atoms with van der Waals surface area (Å²) in [6.45, 7) is 1.41. The van der Waals surface area contributed by atoms with E-state index in [0.29, 0.717) is 5.75 Å². The van der Waals surface area contributed by atoms with E-state index in [2.05, 4.69) is 5.32 Å². The van der Waals surface area contributed by atoms with Gasteiger partial charge in [0.2, 0.25) is 15.9 Å². The summed E-state index contributed by atoms with van der Waals surface area (Å²) in [6.07, 6.45) is 1.02. The molecule has 0 aromatic heterocycles. The van der Waals surface area contributed by atoms with Gasteiger partial charge in [0, 0.05) is 10.0 Å². The summed E-state index contributed by atoms with van der Waals surface area (Å²) >= 11 is 11.9. The van der Waals surface area contributed by atoms with Gasteiger partial charge in [-0.05, 0) is 42.8 Å². The second-order valence-electron chi connectivity index (χ2n) is 5.96. The lowest BCUT2D eigenvalue weighted by molar-refractivity contribution is -0.120. The number of rotatable bonds is 7. The van der Waals surface area contributed by atoms with Crippen molar-refractivity contribution in [1.82, 2.24) is 5.32 Å². The number of carbonyl (C=O) groups excluding carboxylic acids is 1. The number of amides is 1. The molecule has 146 valence electrons. The first kappa shape index (κ1) is 21.3. The van der Waals surface area contributed by atoms with Gasteiger partial charge in [-0.25, -0.2) is 8.42 Å². The van der Waals surface area contributed by atoms with Crippen molar-refractivity contribution in [2.75, 3.05) is 24.2 Å². The predicted molar refractivity (Wildman–Crippen MR) is 108 cm³/mol. The van der Waals surface area contributed by atoms with Gasteiger partial charge in [0.05, 0.1) is 25.1 Å². The van der Waals surface area contributed by atoms with E-state index in [0.717, 1.165) is 16.1 Å². The van der Waals surface area contributed by atoms with Gasteiger partial charge in [-0.2, -0.15) is 0 Å². The van der Waals surface area contributed by atoms with Crippen molar-refractivity contribution in [3.63, 3.8) is 0 Å². The monoisotopic (exact) mass is 430 g/mol. The lowest BCUT2D eigenvalue weighted by Crippen LogP contribution is -2.41. The van der Waals surface area contributed by atoms with Crippen LogP contribution in [0, 0.1) is 0 Å². The molecule has 0 radical (unpaired) electrons. The molecule has 2 aromatic rings. The van der Waals surface area contributed by atoms with Crippen LogP contribution in [0.4, 0.5) is 5.69 Å². The van der Waals surface area contributed by atoms with Crippen LogP contribution in [0.15, 0.2) is 42.5 Å². The minimum atomic E-state index is -3.72. The van der Waals surface area contributed by atoms with Crippen LogP contribution in [0.1, 0.15) is 18.5 Å². The number of anilines is 1. The maximum absolute atomic E-state index is 12.4. The number of hydrogen-bond acceptors (Lipinski definition) is 4. The number of nitrogens with one attached hydrogen (secondary N) is 1. The summed E-state index contributed by atoms with van der Waals surface area (Å²) in [5.74, 6) is 0.248. The topological polar surface area (TPSA) is 75.7 Å². The van der Waals surface area contributed by atoms with Gasteiger partial charge in [-0.3, -0.25) is 9.10 Å². The summed E-state index contributed by atoms with van der Waals surface area (Å²) in [5.41, 5.74) is 1.09. The molecule has 0 spiro atoms. The largest absolute Gasteiger partial charge is 0.497 e. The van der Waals surface area contributed by atoms with Crippen molar-refractivity contribution in [3.8, 4) is 5.75 Å². The lowest BCUT2D eigenvalue weighted by atomic mass is 10.1. The van der Waals surface area contributed by atoms with Crippen molar-refractivity contribution in [1.29, 1.82) is 0 Å². The van der Waals surface area contributed by atoms with E-state index in [-0.39, 0.29) is 21.8 Å². The van der Waals surface area contributed by atoms with Gasteiger partial charge in [0.1, 0.15) is 12.3 Å². The van der Waals surface area contributed by atoms with Crippen LogP contribution >= 0.6 is 23.2 Å². The third kappa shape index (κ3) is 6.02. The highest BCUT2D eigenvalue weighted by Gasteiger charge is 2.22. The molecule has 0 heterocycles. The van der Waals surface area contributed by atoms with Crippen LogP contribution in [0.3, 0.4) is 0 Å². The van der Waals surface area contributed by atoms with Gasteiger partial charge < -0.3 is 10.1 Å². The molecule has 9 heteroatoms. The molecule has 1 N–H and O–H groups in total. The normalized spacial score (nSPS) is 12.3. The molecule has 2 aromatic carbocycles. The minimum absolute atomic E-state index is 0.224. The standard InChI is InChI=1S/C18H20Cl2N2O4S/c1-12(13-4-6-17(26-2)7-5-13)21-18(23)11-22(27(3,24)25)16-9-14(19)8-15(20)10-16/h4-10,12H,11H2,1-3H3,(H,21,23)/t12-/m0/s1. The highest BCUT2D eigenvalue weighted by atomic mass is 35.5. The number of benzene rings is 2. The number of halogens is 2. The summed E-state index contributed by atoms with van der Waals surface area (Å²) in [6, 6.07) is 11.3. The third-order valence-corrected chi connectivity index (χ3v) is 5.39. The highest BCUT2D eigenvalue weighted by molar-refractivity contribution is 7.92. The molecule has 0 fully saturated rings. The number of sulfonamides is 1. The second-order valence-corrected chi connectivity index (χ2v) is 8.74. The maximum Gasteiger partial charge on any atom is 0.241 e. The van der Waals surface area contributed by atoms with Crippen LogP contribution in [-0.2, 0) is 14.8 Å². The molecule has 0 saturated carbocycles. The lowest BCUT2D eigenvalue weighted by Gasteiger charge is -2.23. The van der Waals surface area contributed by atoms with Crippen LogP contribution in [0.25, 0.3) is 0 Å². The smallest absolute Gasteiger partial charge is 0.241 e. The van der Waals surface area contributed by atoms with E-state index in [9.17, 15) is 13.2 Å². The highest BCUT2D eigenvalue weighted by Crippen LogP contribution is 2.27. The second kappa shape index (κ2) is 8.82. The molecule has 1 atom stereocenters. The Hall–Kier alpha value is -1.96. The van der Waals surface area contributed by atoms with Gasteiger partial charge in [0.25, 0.3) is 0 Å². The first-order chi connectivity index (χ1) is 12.6. The van der Waals surface area contributed by atoms with E-state index in [1.54, 1.807) is 26.2 Å². The summed E-state index contributed by atoms with van der Waals surface area (Å²) in [4.78, 5) is 12.4. The Balaban J connectivity index is 2.16. The third-order valence-electron chi connectivity index (χ3n) is 3.82. The zero-order chi connectivity index (χ0) is 20.2. The fourth-order valence-electron chi connectivity index (χ4n) is 2.48. The minimum Gasteiger partial charge on any atom is -0.497 e. The molecular formula is C18H20Cl2N2O4S. The quantitative estimate of drug-likeness (QED) is 0.726. The Morgan fingerprint density at radius 2 is 1.70 bits per heavy atom. The summed E-state index contributed by atoms with van der Waals surface area (Å²) < 4.78 is 30.4. The first-order valence-corrected chi connectivity index (χ1v) is 10.6. The molecule has 27 heavy (non-hydrogen) atoms. The zero-order valence-corrected chi connectivity index (χ0v) is 17.4. The van der Waals surface area contributed by atoms with Crippen molar-refractivity contribution in [2.45, 2.75) is 13.0 Å². The van der Waals surface area contributed by atoms with E-state index in [1.807, 2.05) is 12.1 Å². The Morgan fingerprint density at radius 1 is 1.15 bits per heavy atom. The van der Waals surface area contributed by atoms with Crippen molar-refractivity contribution < 1.29 is 17.9 Å². The number of nitrogens with zero attached hydrogens (tertiary/aromatic N) is 1. The molecule has 0 saturated heterocycles. The average molecular weight is 431 g/mol. The number of ether oxygens (including phenoxy) is 1. The van der Waals surface area contributed by atoms with Gasteiger partial charge in [-0.1, -0.05) is 35.3 Å². The molecular weight excluding hydrogens is 411 g/mol. The number of methoxy groups -OCH3 is 1. The van der Waals surface area contributed by atoms with Crippen LogP contribution in [0.5, 0.6) is 5.75 Å². The van der Waals surface area contributed by atoms with E-state index < -0.39 is 22.5 Å². The first-order valence-electron chi connectivity index (χ1n) is 7.97. The predicted octanol–water partition coefficient (Wildman–Crippen LogP) is 3.65. The van der Waals surface area contributed by atoms with Crippen molar-refractivity contribution in [2.24, 2.45) is 0 Å². The number of carbonyl (C=O) groups is 1. The Kier molecular flexibility index (Phi) is 6.97. The average Bonchev–Trinajstić information content (AvgIpc) is 2.57. The Bertz CT molecular complexity index is 897. The summed E-state index contributed by atoms with van der Waals surface area (Å²) in [5, 5.41) is 3.34. The van der Waals surface area contributed by atoms with E-state index in [1.165, 1.54) is 18.2 Å². The van der Waals surface area contributed by atoms with Crippen molar-refractivity contribution >= 4 is 44.8 Å². The molecule has 6 nitrogen and oxygen atoms in total. The molecule has 0 unspecified atom stereocenters. The molecule has 2 rings (SSSR count). The van der Waals surface area contributed by atoms with Gasteiger partial charge in [0.15, 0.2) is 0 Å². The number of hydrogen-bond donors (Lipinski definition) is 1.